The van der Waals surface area contributed by atoms with Crippen molar-refractivity contribution in [3.05, 3.63) is 30.3 Å². The number of hydrogen-bond donors (Lipinski definition) is 3. The zero-order valence-corrected chi connectivity index (χ0v) is 11.1. The highest BCUT2D eigenvalue weighted by Crippen LogP contribution is 2.31. The summed E-state index contributed by atoms with van der Waals surface area (Å²) >= 11 is 0. The highest BCUT2D eigenvalue weighted by Gasteiger charge is 2.21. The van der Waals surface area contributed by atoms with Gasteiger partial charge in [0, 0.05) is 10.8 Å². The second kappa shape index (κ2) is 4.17. The Morgan fingerprint density at radius 3 is 2.11 bits per heavy atom. The highest BCUT2D eigenvalue weighted by atomic mass is 32.2. The molecular formula is C10H10N2O5S2. The molecule has 5 N–H and O–H groups in total. The van der Waals surface area contributed by atoms with Gasteiger partial charge in [0.05, 0.1) is 10.6 Å². The monoisotopic (exact) mass is 302 g/mol. The van der Waals surface area contributed by atoms with Crippen molar-refractivity contribution in [1.29, 1.82) is 0 Å². The molecule has 2 rings (SSSR count). The molecule has 19 heavy (non-hydrogen) atoms. The fraction of sp³-hybridized carbons (Fsp3) is 0. The average molecular weight is 302 g/mol. The number of benzene rings is 2. The van der Waals surface area contributed by atoms with Crippen LogP contribution in [0.2, 0.25) is 0 Å². The Hall–Kier alpha value is -1.68. The van der Waals surface area contributed by atoms with Gasteiger partial charge in [0.1, 0.15) is 4.90 Å². The number of fused-ring (bicyclic) bond motifs is 1. The van der Waals surface area contributed by atoms with Gasteiger partial charge in [-0.15, -0.1) is 0 Å². The minimum Gasteiger partial charge on any atom is -0.398 e. The maximum atomic E-state index is 11.4. The molecule has 9 heteroatoms. The summed E-state index contributed by atoms with van der Waals surface area (Å²) in [5.74, 6) is 0. The first kappa shape index (κ1) is 13.7. The zero-order chi connectivity index (χ0) is 14.4. The molecule has 0 aliphatic carbocycles. The molecule has 2 aromatic rings. The first-order valence-corrected chi connectivity index (χ1v) is 7.92. The van der Waals surface area contributed by atoms with Crippen LogP contribution in [-0.2, 0) is 20.1 Å². The lowest BCUT2D eigenvalue weighted by atomic mass is 10.1. The topological polar surface area (TPSA) is 141 Å². The number of nitrogen functional groups attached to an aromatic ring is 1. The van der Waals surface area contributed by atoms with Crippen molar-refractivity contribution < 1.29 is 21.4 Å². The smallest absolute Gasteiger partial charge is 0.297 e. The molecule has 102 valence electrons. The maximum absolute atomic E-state index is 11.4. The van der Waals surface area contributed by atoms with Crippen LogP contribution in [0, 0.1) is 0 Å². The summed E-state index contributed by atoms with van der Waals surface area (Å²) in [5, 5.41) is 5.12. The van der Waals surface area contributed by atoms with Gasteiger partial charge >= 0.3 is 0 Å². The summed E-state index contributed by atoms with van der Waals surface area (Å²) in [7, 11) is -8.60. The predicted octanol–water partition coefficient (Wildman–Crippen LogP) is 0.316. The Labute approximate surface area is 109 Å². The lowest BCUT2D eigenvalue weighted by Gasteiger charge is -2.09. The summed E-state index contributed by atoms with van der Waals surface area (Å²) in [6, 6.07) is 6.42. The Balaban J connectivity index is 3.07. The first-order valence-electron chi connectivity index (χ1n) is 4.94. The highest BCUT2D eigenvalue weighted by molar-refractivity contribution is 7.89. The van der Waals surface area contributed by atoms with Crippen LogP contribution < -0.4 is 10.9 Å². The molecular weight excluding hydrogens is 292 g/mol. The zero-order valence-electron chi connectivity index (χ0n) is 9.44. The van der Waals surface area contributed by atoms with Gasteiger partial charge in [-0.05, 0) is 12.1 Å². The molecule has 0 saturated heterocycles. The van der Waals surface area contributed by atoms with Gasteiger partial charge < -0.3 is 5.73 Å². The number of sulfonamides is 1. The van der Waals surface area contributed by atoms with Crippen LogP contribution in [0.4, 0.5) is 5.69 Å². The fourth-order valence-corrected chi connectivity index (χ4v) is 3.43. The molecule has 7 nitrogen and oxygen atoms in total. The molecule has 0 aliphatic rings. The Bertz CT molecular complexity index is 872. The van der Waals surface area contributed by atoms with Gasteiger partial charge in [0.2, 0.25) is 10.0 Å². The van der Waals surface area contributed by atoms with Gasteiger partial charge in [0.15, 0.2) is 0 Å². The van der Waals surface area contributed by atoms with E-state index in [0.717, 1.165) is 0 Å². The van der Waals surface area contributed by atoms with E-state index >= 15 is 0 Å². The van der Waals surface area contributed by atoms with Crippen molar-refractivity contribution in [2.75, 3.05) is 5.73 Å². The van der Waals surface area contributed by atoms with E-state index in [9.17, 15) is 21.4 Å². The molecule has 2 aromatic carbocycles. The molecule has 0 aromatic heterocycles. The maximum Gasteiger partial charge on any atom is 0.297 e. The fourth-order valence-electron chi connectivity index (χ4n) is 1.85. The van der Waals surface area contributed by atoms with Crippen LogP contribution in [0.15, 0.2) is 40.1 Å². The molecule has 0 saturated carbocycles. The standard InChI is InChI=1S/C10H10N2O5S2/c11-8-5-4-6-7(10(8)19(15,16)17)2-1-3-9(6)18(12,13)14/h1-5H,11H2,(H2,12,13,14)(H,15,16,17). The SMILES string of the molecule is Nc1ccc2c(S(N)(=O)=O)cccc2c1S(=O)(=O)O. The molecule has 0 bridgehead atoms. The molecule has 0 spiro atoms. The summed E-state index contributed by atoms with van der Waals surface area (Å²) < 4.78 is 54.7. The number of hydrogen-bond acceptors (Lipinski definition) is 5. The molecule has 0 unspecified atom stereocenters. The van der Waals surface area contributed by atoms with E-state index in [1.165, 1.54) is 30.3 Å². The average Bonchev–Trinajstić information content (AvgIpc) is 2.24. The number of anilines is 1. The third kappa shape index (κ3) is 2.40. The Morgan fingerprint density at radius 2 is 1.58 bits per heavy atom. The lowest BCUT2D eigenvalue weighted by Crippen LogP contribution is -2.13. The Kier molecular flexibility index (Phi) is 3.01. The van der Waals surface area contributed by atoms with Crippen molar-refractivity contribution in [2.45, 2.75) is 9.79 Å². The van der Waals surface area contributed by atoms with Crippen LogP contribution in [0.25, 0.3) is 10.8 Å². The van der Waals surface area contributed by atoms with E-state index in [1.807, 2.05) is 0 Å². The summed E-state index contributed by atoms with van der Waals surface area (Å²) in [4.78, 5) is -0.773. The number of rotatable bonds is 2. The normalized spacial score (nSPS) is 12.7. The summed E-state index contributed by atoms with van der Waals surface area (Å²) in [5.41, 5.74) is 5.33. The van der Waals surface area contributed by atoms with Crippen molar-refractivity contribution in [3.8, 4) is 0 Å². The van der Waals surface area contributed by atoms with E-state index in [4.69, 9.17) is 10.9 Å². The molecule has 0 atom stereocenters. The van der Waals surface area contributed by atoms with E-state index in [1.54, 1.807) is 0 Å². The first-order chi connectivity index (χ1) is 8.62. The van der Waals surface area contributed by atoms with Gasteiger partial charge in [0.25, 0.3) is 10.1 Å². The molecule has 0 amide bonds. The Morgan fingerprint density at radius 1 is 0.947 bits per heavy atom. The van der Waals surface area contributed by atoms with Crippen LogP contribution >= 0.6 is 0 Å². The third-order valence-corrected chi connectivity index (χ3v) is 4.51. The van der Waals surface area contributed by atoms with E-state index in [2.05, 4.69) is 0 Å². The van der Waals surface area contributed by atoms with Gasteiger partial charge in [-0.25, -0.2) is 13.6 Å². The van der Waals surface area contributed by atoms with Gasteiger partial charge in [-0.2, -0.15) is 8.42 Å². The van der Waals surface area contributed by atoms with Crippen molar-refractivity contribution in [1.82, 2.24) is 0 Å². The minimum atomic E-state index is -4.58. The second-order valence-corrected chi connectivity index (χ2v) is 6.74. The quantitative estimate of drug-likeness (QED) is 0.539. The van der Waals surface area contributed by atoms with Gasteiger partial charge in [-0.3, -0.25) is 4.55 Å². The predicted molar refractivity (Wildman–Crippen MR) is 69.5 cm³/mol. The van der Waals surface area contributed by atoms with E-state index < -0.39 is 25.0 Å². The second-order valence-electron chi connectivity index (χ2n) is 3.86. The van der Waals surface area contributed by atoms with Crippen LogP contribution in [0.1, 0.15) is 0 Å². The van der Waals surface area contributed by atoms with E-state index in [0.29, 0.717) is 0 Å². The summed E-state index contributed by atoms with van der Waals surface area (Å²) in [6.07, 6.45) is 0. The molecule has 0 aliphatic heterocycles. The lowest BCUT2D eigenvalue weighted by molar-refractivity contribution is 0.484. The third-order valence-electron chi connectivity index (χ3n) is 2.57. The van der Waals surface area contributed by atoms with Crippen LogP contribution in [0.5, 0.6) is 0 Å². The number of nitrogens with two attached hydrogens (primary N) is 2. The van der Waals surface area contributed by atoms with Crippen LogP contribution in [0.3, 0.4) is 0 Å². The molecule has 0 fully saturated rings. The molecule has 0 heterocycles. The molecule has 0 radical (unpaired) electrons. The minimum absolute atomic E-state index is 0.00553. The summed E-state index contributed by atoms with van der Waals surface area (Å²) in [6.45, 7) is 0. The number of primary sulfonamides is 1. The van der Waals surface area contributed by atoms with Gasteiger partial charge in [-0.1, -0.05) is 18.2 Å². The van der Waals surface area contributed by atoms with Crippen LogP contribution in [-0.4, -0.2) is 21.4 Å². The van der Waals surface area contributed by atoms with Crippen molar-refractivity contribution in [2.24, 2.45) is 5.14 Å². The van der Waals surface area contributed by atoms with E-state index in [-0.39, 0.29) is 21.4 Å². The van der Waals surface area contributed by atoms with Crippen molar-refractivity contribution >= 4 is 36.6 Å². The largest absolute Gasteiger partial charge is 0.398 e. The van der Waals surface area contributed by atoms with Crippen molar-refractivity contribution in [3.63, 3.8) is 0 Å².